The lowest BCUT2D eigenvalue weighted by molar-refractivity contribution is -0.156. The summed E-state index contributed by atoms with van der Waals surface area (Å²) >= 11 is 0. The maximum atomic E-state index is 12.4. The van der Waals surface area contributed by atoms with Crippen LogP contribution in [-0.4, -0.2) is 31.2 Å². The molecule has 1 saturated carbocycles. The Morgan fingerprint density at radius 3 is 2.95 bits per heavy atom. The standard InChI is InChI=1S/C14H26N4O2/c1-4-20-13(19)14(16-9-6-10-17-18-15)8-5-7-11(2)12(14)3/h11-12,16H,4-10H2,1-3H3. The van der Waals surface area contributed by atoms with Gasteiger partial charge in [-0.05, 0) is 43.7 Å². The zero-order chi connectivity index (χ0) is 15.0. The van der Waals surface area contributed by atoms with Crippen molar-refractivity contribution < 1.29 is 9.53 Å². The van der Waals surface area contributed by atoms with Crippen LogP contribution in [0.5, 0.6) is 0 Å². The number of esters is 1. The van der Waals surface area contributed by atoms with Crippen molar-refractivity contribution in [1.29, 1.82) is 0 Å². The molecule has 3 atom stereocenters. The minimum atomic E-state index is -0.579. The summed E-state index contributed by atoms with van der Waals surface area (Å²) in [7, 11) is 0. The van der Waals surface area contributed by atoms with Crippen LogP contribution in [0.2, 0.25) is 0 Å². The predicted molar refractivity (Wildman–Crippen MR) is 78.2 cm³/mol. The van der Waals surface area contributed by atoms with E-state index in [1.54, 1.807) is 0 Å². The highest BCUT2D eigenvalue weighted by Crippen LogP contribution is 2.38. The number of azide groups is 1. The molecule has 1 aliphatic rings. The lowest BCUT2D eigenvalue weighted by Crippen LogP contribution is -2.60. The summed E-state index contributed by atoms with van der Waals surface area (Å²) < 4.78 is 5.30. The topological polar surface area (TPSA) is 87.1 Å². The Morgan fingerprint density at radius 1 is 1.55 bits per heavy atom. The van der Waals surface area contributed by atoms with Crippen molar-refractivity contribution in [2.45, 2.75) is 52.0 Å². The van der Waals surface area contributed by atoms with Gasteiger partial charge in [-0.2, -0.15) is 0 Å². The fourth-order valence-electron chi connectivity index (χ4n) is 3.04. The molecule has 0 amide bonds. The quantitative estimate of drug-likeness (QED) is 0.256. The molecule has 0 spiro atoms. The van der Waals surface area contributed by atoms with E-state index < -0.39 is 5.54 Å². The van der Waals surface area contributed by atoms with Crippen molar-refractivity contribution in [3.8, 4) is 0 Å². The van der Waals surface area contributed by atoms with E-state index in [1.807, 2.05) is 6.92 Å². The summed E-state index contributed by atoms with van der Waals surface area (Å²) in [4.78, 5) is 15.2. The first-order valence-electron chi connectivity index (χ1n) is 7.51. The Labute approximate surface area is 120 Å². The number of nitrogens with zero attached hydrogens (tertiary/aromatic N) is 3. The molecular formula is C14H26N4O2. The smallest absolute Gasteiger partial charge is 0.326 e. The van der Waals surface area contributed by atoms with E-state index >= 15 is 0 Å². The minimum Gasteiger partial charge on any atom is -0.465 e. The van der Waals surface area contributed by atoms with E-state index in [2.05, 4.69) is 29.2 Å². The van der Waals surface area contributed by atoms with E-state index in [0.29, 0.717) is 25.6 Å². The predicted octanol–water partition coefficient (Wildman–Crippen LogP) is 3.03. The summed E-state index contributed by atoms with van der Waals surface area (Å²) in [6, 6.07) is 0. The van der Waals surface area contributed by atoms with Crippen molar-refractivity contribution in [2.24, 2.45) is 17.0 Å². The second-order valence-electron chi connectivity index (χ2n) is 5.58. The molecule has 20 heavy (non-hydrogen) atoms. The Bertz CT molecular complexity index is 368. The third kappa shape index (κ3) is 3.87. The van der Waals surface area contributed by atoms with E-state index in [-0.39, 0.29) is 11.9 Å². The van der Waals surface area contributed by atoms with Gasteiger partial charge in [-0.25, -0.2) is 0 Å². The normalized spacial score (nSPS) is 29.6. The monoisotopic (exact) mass is 282 g/mol. The fourth-order valence-corrected chi connectivity index (χ4v) is 3.04. The van der Waals surface area contributed by atoms with Crippen LogP contribution < -0.4 is 5.32 Å². The van der Waals surface area contributed by atoms with Crippen LogP contribution in [0, 0.1) is 11.8 Å². The lowest BCUT2D eigenvalue weighted by atomic mass is 9.68. The van der Waals surface area contributed by atoms with Crippen LogP contribution >= 0.6 is 0 Å². The molecule has 3 unspecified atom stereocenters. The van der Waals surface area contributed by atoms with Crippen molar-refractivity contribution in [3.05, 3.63) is 10.4 Å². The van der Waals surface area contributed by atoms with Gasteiger partial charge < -0.3 is 10.1 Å². The van der Waals surface area contributed by atoms with Gasteiger partial charge in [0.15, 0.2) is 0 Å². The Hall–Kier alpha value is -1.26. The molecule has 0 aromatic heterocycles. The first kappa shape index (κ1) is 16.8. The third-order valence-corrected chi connectivity index (χ3v) is 4.44. The van der Waals surface area contributed by atoms with Crippen LogP contribution in [-0.2, 0) is 9.53 Å². The average Bonchev–Trinajstić information content (AvgIpc) is 2.43. The molecule has 0 aromatic carbocycles. The summed E-state index contributed by atoms with van der Waals surface area (Å²) in [5, 5.41) is 6.92. The molecule has 6 nitrogen and oxygen atoms in total. The second-order valence-corrected chi connectivity index (χ2v) is 5.58. The summed E-state index contributed by atoms with van der Waals surface area (Å²) in [5.74, 6) is 0.607. The highest BCUT2D eigenvalue weighted by atomic mass is 16.5. The van der Waals surface area contributed by atoms with E-state index in [4.69, 9.17) is 10.3 Å². The summed E-state index contributed by atoms with van der Waals surface area (Å²) in [5.41, 5.74) is 7.68. The SMILES string of the molecule is CCOC(=O)C1(NCCCN=[N+]=[N-])CCCC(C)C1C. The summed E-state index contributed by atoms with van der Waals surface area (Å²) in [6.45, 7) is 7.67. The molecule has 0 aromatic rings. The molecule has 1 aliphatic carbocycles. The first-order chi connectivity index (χ1) is 9.58. The van der Waals surface area contributed by atoms with Gasteiger partial charge in [0, 0.05) is 11.5 Å². The van der Waals surface area contributed by atoms with Gasteiger partial charge in [0.2, 0.25) is 0 Å². The zero-order valence-electron chi connectivity index (χ0n) is 12.8. The molecule has 1 rings (SSSR count). The molecule has 0 heterocycles. The molecule has 0 bridgehead atoms. The van der Waals surface area contributed by atoms with Crippen molar-refractivity contribution in [3.63, 3.8) is 0 Å². The van der Waals surface area contributed by atoms with Gasteiger partial charge in [0.05, 0.1) is 6.61 Å². The van der Waals surface area contributed by atoms with Crippen molar-refractivity contribution in [1.82, 2.24) is 5.32 Å². The molecule has 6 heteroatoms. The number of hydrogen-bond acceptors (Lipinski definition) is 4. The maximum Gasteiger partial charge on any atom is 0.326 e. The lowest BCUT2D eigenvalue weighted by Gasteiger charge is -2.44. The second kappa shape index (κ2) is 8.12. The molecule has 1 N–H and O–H groups in total. The van der Waals surface area contributed by atoms with Crippen LogP contribution in [0.15, 0.2) is 5.11 Å². The number of rotatable bonds is 7. The van der Waals surface area contributed by atoms with Gasteiger partial charge in [0.25, 0.3) is 0 Å². The highest BCUT2D eigenvalue weighted by Gasteiger charge is 2.48. The first-order valence-corrected chi connectivity index (χ1v) is 7.51. The van der Waals surface area contributed by atoms with Gasteiger partial charge >= 0.3 is 5.97 Å². The summed E-state index contributed by atoms with van der Waals surface area (Å²) in [6.07, 6.45) is 3.74. The van der Waals surface area contributed by atoms with E-state index in [1.165, 1.54) is 0 Å². The van der Waals surface area contributed by atoms with Gasteiger partial charge in [-0.3, -0.25) is 4.79 Å². The van der Waals surface area contributed by atoms with E-state index in [9.17, 15) is 4.79 Å². The Balaban J connectivity index is 2.73. The van der Waals surface area contributed by atoms with Crippen molar-refractivity contribution in [2.75, 3.05) is 19.7 Å². The fraction of sp³-hybridized carbons (Fsp3) is 0.929. The highest BCUT2D eigenvalue weighted by molar-refractivity contribution is 5.81. The van der Waals surface area contributed by atoms with E-state index in [0.717, 1.165) is 25.7 Å². The minimum absolute atomic E-state index is 0.136. The van der Waals surface area contributed by atoms with Crippen LogP contribution in [0.3, 0.4) is 0 Å². The number of hydrogen-bond donors (Lipinski definition) is 1. The largest absolute Gasteiger partial charge is 0.465 e. The number of ether oxygens (including phenoxy) is 1. The number of carbonyl (C=O) groups is 1. The maximum absolute atomic E-state index is 12.4. The molecule has 0 radical (unpaired) electrons. The van der Waals surface area contributed by atoms with Crippen molar-refractivity contribution >= 4 is 5.97 Å². The number of nitrogens with one attached hydrogen (secondary N) is 1. The van der Waals surface area contributed by atoms with Gasteiger partial charge in [0.1, 0.15) is 5.54 Å². The number of carbonyl (C=O) groups excluding carboxylic acids is 1. The van der Waals surface area contributed by atoms with Crippen LogP contribution in [0.1, 0.15) is 46.5 Å². The third-order valence-electron chi connectivity index (χ3n) is 4.44. The molecule has 0 saturated heterocycles. The van der Waals surface area contributed by atoms with Crippen LogP contribution in [0.4, 0.5) is 0 Å². The molecular weight excluding hydrogens is 256 g/mol. The Morgan fingerprint density at radius 2 is 2.30 bits per heavy atom. The average molecular weight is 282 g/mol. The zero-order valence-corrected chi connectivity index (χ0v) is 12.8. The van der Waals surface area contributed by atoms with Crippen LogP contribution in [0.25, 0.3) is 10.4 Å². The van der Waals surface area contributed by atoms with Gasteiger partial charge in [-0.15, -0.1) is 0 Å². The molecule has 114 valence electrons. The molecule has 0 aliphatic heterocycles. The molecule has 1 fully saturated rings. The Kier molecular flexibility index (Phi) is 6.82. The van der Waals surface area contributed by atoms with Gasteiger partial charge in [-0.1, -0.05) is 31.8 Å².